The number of benzene rings is 3. The third-order valence-corrected chi connectivity index (χ3v) is 10.5. The molecule has 0 aromatic heterocycles. The van der Waals surface area contributed by atoms with Crippen molar-refractivity contribution >= 4 is 21.7 Å². The van der Waals surface area contributed by atoms with Crippen LogP contribution in [-0.4, -0.2) is 67.8 Å². The molecule has 1 saturated heterocycles. The fourth-order valence-corrected chi connectivity index (χ4v) is 8.01. The average molecular weight is 634 g/mol. The summed E-state index contributed by atoms with van der Waals surface area (Å²) >= 11 is 0. The number of rotatable bonds is 13. The summed E-state index contributed by atoms with van der Waals surface area (Å²) in [4.78, 5) is 21.8. The number of sulfonamides is 1. The Hall–Kier alpha value is -3.74. The molecule has 1 aliphatic carbocycles. The first-order valence-corrected chi connectivity index (χ1v) is 17.0. The summed E-state index contributed by atoms with van der Waals surface area (Å²) in [7, 11) is -3.60. The van der Waals surface area contributed by atoms with Gasteiger partial charge in [-0.15, -0.1) is 11.6 Å². The van der Waals surface area contributed by atoms with Gasteiger partial charge >= 0.3 is 6.03 Å². The number of amides is 2. The maximum atomic E-state index is 13.2. The molecule has 3 atom stereocenters. The fourth-order valence-electron chi connectivity index (χ4n) is 6.72. The van der Waals surface area contributed by atoms with Gasteiger partial charge in [-0.25, -0.2) is 28.7 Å². The number of nitrogens with zero attached hydrogens (tertiary/aromatic N) is 2. The van der Waals surface area contributed by atoms with Gasteiger partial charge in [-0.2, -0.15) is 0 Å². The quantitative estimate of drug-likeness (QED) is 0.116. The second-order valence-electron chi connectivity index (χ2n) is 11.9. The maximum Gasteiger partial charge on any atom is 0.318 e. The number of piperidine rings is 1. The molecule has 3 aromatic carbocycles. The topological polar surface area (TPSA) is 123 Å². The van der Waals surface area contributed by atoms with Crippen LogP contribution in [0, 0.1) is 5.92 Å². The molecule has 3 aromatic rings. The van der Waals surface area contributed by atoms with Gasteiger partial charge in [0.25, 0.3) is 0 Å². The second kappa shape index (κ2) is 15.5. The zero-order chi connectivity index (χ0) is 31.6. The number of hydrogen-bond donors (Lipinski definition) is 4. The van der Waals surface area contributed by atoms with E-state index < -0.39 is 10.0 Å². The molecule has 3 unspecified atom stereocenters. The molecule has 5 rings (SSSR count). The minimum Gasteiger partial charge on any atom is -0.334 e. The Bertz CT molecular complexity index is 1480. The van der Waals surface area contributed by atoms with Crippen LogP contribution in [0.1, 0.15) is 42.7 Å². The largest absolute Gasteiger partial charge is 0.334 e. The maximum absolute atomic E-state index is 13.2. The molecule has 45 heavy (non-hydrogen) atoms. The van der Waals surface area contributed by atoms with Gasteiger partial charge < -0.3 is 15.1 Å². The fraction of sp³-hybridized carbons (Fsp3) is 0.382. The van der Waals surface area contributed by atoms with Crippen molar-refractivity contribution < 1.29 is 23.5 Å². The molecule has 2 fully saturated rings. The summed E-state index contributed by atoms with van der Waals surface area (Å²) in [6.45, 7) is 7.34. The predicted molar refractivity (Wildman–Crippen MR) is 175 cm³/mol. The van der Waals surface area contributed by atoms with E-state index in [1.54, 1.807) is 42.5 Å². The molecular formula is C34H43N5O5S. The van der Waals surface area contributed by atoms with Crippen molar-refractivity contribution in [2.24, 2.45) is 5.92 Å². The summed E-state index contributed by atoms with van der Waals surface area (Å²) in [6, 6.07) is 26.0. The van der Waals surface area contributed by atoms with Crippen LogP contribution < -0.4 is 15.5 Å². The van der Waals surface area contributed by atoms with Crippen LogP contribution in [0.15, 0.2) is 102 Å². The third kappa shape index (κ3) is 8.71. The van der Waals surface area contributed by atoms with Crippen molar-refractivity contribution in [2.75, 3.05) is 31.7 Å². The highest BCUT2D eigenvalue weighted by Gasteiger charge is 2.39. The lowest BCUT2D eigenvalue weighted by atomic mass is 9.88. The van der Waals surface area contributed by atoms with Crippen molar-refractivity contribution in [3.8, 4) is 0 Å². The highest BCUT2D eigenvalue weighted by molar-refractivity contribution is 7.89. The van der Waals surface area contributed by atoms with Crippen LogP contribution in [0.5, 0.6) is 0 Å². The highest BCUT2D eigenvalue weighted by atomic mass is 32.2. The molecule has 2 amide bonds. The Kier molecular flexibility index (Phi) is 11.2. The average Bonchev–Trinajstić information content (AvgIpc) is 3.45. The van der Waals surface area contributed by atoms with Crippen LogP contribution >= 0.6 is 0 Å². The highest BCUT2D eigenvalue weighted by Crippen LogP contribution is 2.41. The van der Waals surface area contributed by atoms with Crippen LogP contribution in [0.3, 0.4) is 0 Å². The van der Waals surface area contributed by atoms with Gasteiger partial charge in [0.15, 0.2) is 0 Å². The summed E-state index contributed by atoms with van der Waals surface area (Å²) in [5.74, 6) is 0.571. The molecule has 10 nitrogen and oxygen atoms in total. The van der Waals surface area contributed by atoms with Crippen molar-refractivity contribution in [1.82, 2.24) is 19.8 Å². The van der Waals surface area contributed by atoms with E-state index in [0.29, 0.717) is 29.6 Å². The molecule has 0 spiro atoms. The Morgan fingerprint density at radius 1 is 0.978 bits per heavy atom. The van der Waals surface area contributed by atoms with Gasteiger partial charge in [-0.3, -0.25) is 0 Å². The second-order valence-corrected chi connectivity index (χ2v) is 13.6. The number of carbonyl (C=O) groups excluding carboxylic acids is 1. The smallest absolute Gasteiger partial charge is 0.318 e. The number of anilines is 1. The number of carbonyl (C=O) groups is 1. The van der Waals surface area contributed by atoms with Crippen LogP contribution in [-0.2, 0) is 21.6 Å². The van der Waals surface area contributed by atoms with E-state index in [0.717, 1.165) is 50.9 Å². The first kappa shape index (κ1) is 32.6. The van der Waals surface area contributed by atoms with E-state index in [2.05, 4.69) is 56.3 Å². The summed E-state index contributed by atoms with van der Waals surface area (Å²) in [6.07, 6.45) is 5.02. The monoisotopic (exact) mass is 633 g/mol. The van der Waals surface area contributed by atoms with Crippen LogP contribution in [0.25, 0.3) is 0 Å². The lowest BCUT2D eigenvalue weighted by Gasteiger charge is -2.39. The molecule has 2 aliphatic rings. The van der Waals surface area contributed by atoms with Gasteiger partial charge in [0.2, 0.25) is 10.0 Å². The number of likely N-dealkylation sites (tertiary alicyclic amines) is 1. The van der Waals surface area contributed by atoms with E-state index >= 15 is 0 Å². The molecule has 4 N–H and O–H groups in total. The van der Waals surface area contributed by atoms with Crippen molar-refractivity contribution in [3.05, 3.63) is 109 Å². The van der Waals surface area contributed by atoms with Gasteiger partial charge in [0.05, 0.1) is 10.6 Å². The molecule has 1 aliphatic heterocycles. The zero-order valence-electron chi connectivity index (χ0n) is 25.4. The minimum atomic E-state index is -3.60. The molecular weight excluding hydrogens is 590 g/mol. The molecule has 1 saturated carbocycles. The number of urea groups is 1. The van der Waals surface area contributed by atoms with E-state index in [9.17, 15) is 13.2 Å². The molecule has 240 valence electrons. The van der Waals surface area contributed by atoms with Crippen molar-refractivity contribution in [1.29, 1.82) is 0 Å². The van der Waals surface area contributed by atoms with Gasteiger partial charge in [-0.05, 0) is 72.9 Å². The molecule has 11 heteroatoms. The van der Waals surface area contributed by atoms with E-state index in [1.165, 1.54) is 5.56 Å². The van der Waals surface area contributed by atoms with Gasteiger partial charge in [0.1, 0.15) is 0 Å². The predicted octanol–water partition coefficient (Wildman–Crippen LogP) is 5.21. The Labute approximate surface area is 266 Å². The lowest BCUT2D eigenvalue weighted by Crippen LogP contribution is -2.51. The molecule has 1 heterocycles. The standard InChI is InChI=1S/C34H43N5O5S/c1-2-19-39(34(40)35-24-26-13-15-29(16-14-26)36-44-41)31-17-20-38(21-18-31)25-28-22-30(23-33(28)27-9-5-3-6-10-27)37-45(42,43)32-11-7-4-8-12-32/h2-16,28,30-31,33,36-37,41H,1,17-25H2,(H,35,40). The van der Waals surface area contributed by atoms with Gasteiger partial charge in [0, 0.05) is 44.8 Å². The minimum absolute atomic E-state index is 0.103. The zero-order valence-corrected chi connectivity index (χ0v) is 26.2. The normalized spacial score (nSPS) is 20.9. The Morgan fingerprint density at radius 2 is 1.64 bits per heavy atom. The van der Waals surface area contributed by atoms with Crippen LogP contribution in [0.2, 0.25) is 0 Å². The molecule has 0 radical (unpaired) electrons. The summed E-state index contributed by atoms with van der Waals surface area (Å²) < 4.78 is 29.2. The van der Waals surface area contributed by atoms with Crippen LogP contribution in [0.4, 0.5) is 10.5 Å². The Morgan fingerprint density at radius 3 is 2.29 bits per heavy atom. The summed E-state index contributed by atoms with van der Waals surface area (Å²) in [5, 5.41) is 11.6. The van der Waals surface area contributed by atoms with E-state index in [1.807, 2.05) is 29.2 Å². The van der Waals surface area contributed by atoms with Crippen molar-refractivity contribution in [2.45, 2.75) is 55.1 Å². The number of hydrogen-bond acceptors (Lipinski definition) is 7. The first-order valence-electron chi connectivity index (χ1n) is 15.5. The van der Waals surface area contributed by atoms with Crippen molar-refractivity contribution in [3.63, 3.8) is 0 Å². The third-order valence-electron chi connectivity index (χ3n) is 8.94. The Balaban J connectivity index is 1.17. The summed E-state index contributed by atoms with van der Waals surface area (Å²) in [5.41, 5.74) is 5.13. The SMILES string of the molecule is C=CCN(C(=O)NCc1ccc(NOO)cc1)C1CCN(CC2CC(NS(=O)(=O)c3ccccc3)CC2c2ccccc2)CC1. The van der Waals surface area contributed by atoms with E-state index in [4.69, 9.17) is 5.26 Å². The lowest BCUT2D eigenvalue weighted by molar-refractivity contribution is -0.215. The number of nitrogens with one attached hydrogen (secondary N) is 3. The first-order chi connectivity index (χ1) is 21.9. The molecule has 0 bridgehead atoms. The van der Waals surface area contributed by atoms with E-state index in [-0.39, 0.29) is 24.0 Å². The van der Waals surface area contributed by atoms with Gasteiger partial charge in [-0.1, -0.05) is 66.7 Å².